The molecule has 1 aromatic carbocycles. The molecule has 2 aliphatic heterocycles. The van der Waals surface area contributed by atoms with Gasteiger partial charge in [0, 0.05) is 38.3 Å². The van der Waals surface area contributed by atoms with E-state index in [1.807, 2.05) is 13.8 Å². The van der Waals surface area contributed by atoms with Gasteiger partial charge in [-0.1, -0.05) is 65.0 Å². The molecule has 1 aromatic rings. The molecule has 0 bridgehead atoms. The molecule has 0 aromatic heterocycles. The predicted molar refractivity (Wildman–Crippen MR) is 199 cm³/mol. The van der Waals surface area contributed by atoms with Gasteiger partial charge < -0.3 is 28.8 Å². The number of rotatable bonds is 10. The van der Waals surface area contributed by atoms with Crippen LogP contribution in [0.3, 0.4) is 0 Å². The smallest absolute Gasteiger partial charge is 0.170 e. The minimum absolute atomic E-state index is 0.0375. The number of hydrogen-bond acceptors (Lipinski definition) is 7. The molecular weight excluding hydrogens is 638 g/mol. The number of hydrogen-bond donors (Lipinski definition) is 1. The van der Waals surface area contributed by atoms with Gasteiger partial charge in [0.2, 0.25) is 0 Å². The first-order valence-corrected chi connectivity index (χ1v) is 21.0. The monoisotopic (exact) mass is 708 g/mol. The van der Waals surface area contributed by atoms with Gasteiger partial charge in [0.1, 0.15) is 6.10 Å². The third-order valence-electron chi connectivity index (χ3n) is 17.0. The number of benzene rings is 1. The Bertz CT molecular complexity index is 1390. The van der Waals surface area contributed by atoms with Crippen molar-refractivity contribution < 1.29 is 28.8 Å². The fraction of sp³-hybridized carbons (Fsp3) is 0.864. The van der Waals surface area contributed by atoms with Gasteiger partial charge in [-0.25, -0.2) is 0 Å². The molecule has 7 fully saturated rings. The van der Waals surface area contributed by atoms with E-state index in [2.05, 4.69) is 76.8 Å². The van der Waals surface area contributed by atoms with E-state index >= 15 is 0 Å². The van der Waals surface area contributed by atoms with E-state index in [0.717, 1.165) is 39.1 Å². The number of nitrogens with zero attached hydrogens (tertiary/aromatic N) is 1. The Hall–Kier alpha value is -1.06. The molecule has 1 N–H and O–H groups in total. The van der Waals surface area contributed by atoms with Gasteiger partial charge >= 0.3 is 0 Å². The fourth-order valence-corrected chi connectivity index (χ4v) is 14.9. The molecule has 286 valence electrons. The average molecular weight is 708 g/mol. The molecule has 6 unspecified atom stereocenters. The quantitative estimate of drug-likeness (QED) is 0.266. The van der Waals surface area contributed by atoms with Crippen molar-refractivity contribution in [1.29, 1.82) is 0 Å². The minimum atomic E-state index is -0.565. The van der Waals surface area contributed by atoms with Crippen molar-refractivity contribution in [2.75, 3.05) is 32.9 Å². The highest BCUT2D eigenvalue weighted by atomic mass is 16.7. The first-order valence-electron chi connectivity index (χ1n) is 21.0. The Balaban J connectivity index is 1.02. The Labute approximate surface area is 308 Å². The minimum Gasteiger partial charge on any atom is -0.391 e. The fourth-order valence-electron chi connectivity index (χ4n) is 14.9. The van der Waals surface area contributed by atoms with Crippen LogP contribution in [-0.2, 0) is 30.2 Å². The van der Waals surface area contributed by atoms with E-state index in [1.54, 1.807) is 0 Å². The van der Waals surface area contributed by atoms with E-state index in [4.69, 9.17) is 23.7 Å². The largest absolute Gasteiger partial charge is 0.391 e. The normalized spacial score (nSPS) is 48.4. The van der Waals surface area contributed by atoms with E-state index in [9.17, 15) is 5.11 Å². The Morgan fingerprint density at radius 1 is 0.961 bits per heavy atom. The highest BCUT2D eigenvalue weighted by Gasteiger charge is 2.85. The molecule has 0 amide bonds. The molecule has 51 heavy (non-hydrogen) atoms. The topological polar surface area (TPSA) is 69.6 Å². The predicted octanol–water partition coefficient (Wildman–Crippen LogP) is 7.87. The SMILES string of the molecule is CCO[C@H](C(C)O)C1C[C@@H](C)[C@H]2C(O1)[C@H](OCC)[C@@]1(C)C3CC[C@H]4C(C)(C)C(OC5CN(Cc6ccccc6)CCO5)CC[C@@]45C[C@@]35CC[C@]21C. The van der Waals surface area contributed by atoms with Crippen LogP contribution in [0.1, 0.15) is 112 Å². The van der Waals surface area contributed by atoms with Crippen molar-refractivity contribution in [2.45, 2.75) is 156 Å². The summed E-state index contributed by atoms with van der Waals surface area (Å²) in [4.78, 5) is 2.50. The molecule has 2 saturated heterocycles. The summed E-state index contributed by atoms with van der Waals surface area (Å²) in [5.74, 6) is 2.25. The maximum atomic E-state index is 10.8. The van der Waals surface area contributed by atoms with Gasteiger partial charge in [-0.3, -0.25) is 4.90 Å². The zero-order chi connectivity index (χ0) is 36.0. The second-order valence-electron chi connectivity index (χ2n) is 19.3. The molecule has 15 atom stereocenters. The highest BCUT2D eigenvalue weighted by Crippen LogP contribution is 2.89. The van der Waals surface area contributed by atoms with Crippen molar-refractivity contribution in [3.05, 3.63) is 35.9 Å². The maximum Gasteiger partial charge on any atom is 0.170 e. The number of fused-ring (bicyclic) bond motifs is 4. The van der Waals surface area contributed by atoms with Crippen LogP contribution in [0.15, 0.2) is 30.3 Å². The van der Waals surface area contributed by atoms with Crippen molar-refractivity contribution in [2.24, 2.45) is 50.7 Å². The number of morpholine rings is 1. The number of aliphatic hydroxyl groups excluding tert-OH is 1. The van der Waals surface area contributed by atoms with Gasteiger partial charge in [-0.05, 0) is 123 Å². The van der Waals surface area contributed by atoms with Crippen LogP contribution < -0.4 is 0 Å². The summed E-state index contributed by atoms with van der Waals surface area (Å²) < 4.78 is 33.6. The Kier molecular flexibility index (Phi) is 9.63. The van der Waals surface area contributed by atoms with Gasteiger partial charge in [-0.2, -0.15) is 0 Å². The molecule has 2 spiro atoms. The standard InChI is InChI=1S/C44H69NO6/c1-9-47-37(29(4)46)31-24-28(3)36-38(50-31)39(48-10-2)42(8)33-17-16-32-40(5,6)34(18-19-43(32)27-44(33,43)21-20-41(36,42)7)51-35-26-45(22-23-49-35)25-30-14-12-11-13-15-30/h11-15,28-29,31-39,46H,9-10,16-27H2,1-8H3/t28-,29?,31?,32+,33?,34?,35?,36+,37-,38?,39+,41-,42-,43-,44+/m1/s1. The molecule has 2 heterocycles. The summed E-state index contributed by atoms with van der Waals surface area (Å²) >= 11 is 0. The van der Waals surface area contributed by atoms with E-state index in [1.165, 1.54) is 44.1 Å². The highest BCUT2D eigenvalue weighted by molar-refractivity contribution is 5.33. The van der Waals surface area contributed by atoms with Gasteiger partial charge in [0.05, 0.1) is 37.1 Å². The van der Waals surface area contributed by atoms with Gasteiger partial charge in [0.15, 0.2) is 6.29 Å². The number of ether oxygens (including phenoxy) is 5. The molecule has 7 heteroatoms. The molecular formula is C44H69NO6. The molecule has 7 aliphatic rings. The van der Waals surface area contributed by atoms with Gasteiger partial charge in [-0.15, -0.1) is 0 Å². The summed E-state index contributed by atoms with van der Waals surface area (Å²) in [5.41, 5.74) is 2.44. The lowest BCUT2D eigenvalue weighted by Gasteiger charge is -2.64. The first kappa shape index (κ1) is 36.9. The van der Waals surface area contributed by atoms with E-state index in [-0.39, 0.29) is 53.1 Å². The van der Waals surface area contributed by atoms with E-state index in [0.29, 0.717) is 47.7 Å². The lowest BCUT2D eigenvalue weighted by molar-refractivity contribution is -0.250. The summed E-state index contributed by atoms with van der Waals surface area (Å²) in [6, 6.07) is 10.8. The summed E-state index contributed by atoms with van der Waals surface area (Å²) in [6.07, 6.45) is 9.06. The van der Waals surface area contributed by atoms with Crippen LogP contribution in [0, 0.1) is 50.7 Å². The maximum absolute atomic E-state index is 10.8. The third-order valence-corrected chi connectivity index (χ3v) is 17.0. The van der Waals surface area contributed by atoms with Gasteiger partial charge in [0.25, 0.3) is 0 Å². The average Bonchev–Trinajstić information content (AvgIpc) is 3.72. The molecule has 7 nitrogen and oxygen atoms in total. The Morgan fingerprint density at radius 2 is 1.71 bits per heavy atom. The number of aliphatic hydroxyl groups is 1. The molecule has 5 saturated carbocycles. The van der Waals surface area contributed by atoms with Crippen molar-refractivity contribution in [3.8, 4) is 0 Å². The van der Waals surface area contributed by atoms with Crippen LogP contribution in [0.5, 0.6) is 0 Å². The third kappa shape index (κ3) is 5.43. The molecule has 5 aliphatic carbocycles. The van der Waals surface area contributed by atoms with E-state index < -0.39 is 6.10 Å². The summed E-state index contributed by atoms with van der Waals surface area (Å²) in [5, 5.41) is 10.8. The van der Waals surface area contributed by atoms with Crippen molar-refractivity contribution in [1.82, 2.24) is 4.90 Å². The lowest BCUT2D eigenvalue weighted by atomic mass is 9.41. The van der Waals surface area contributed by atoms with Crippen LogP contribution in [-0.4, -0.2) is 85.8 Å². The Morgan fingerprint density at radius 3 is 2.43 bits per heavy atom. The lowest BCUT2D eigenvalue weighted by Crippen LogP contribution is -2.60. The van der Waals surface area contributed by atoms with Crippen LogP contribution in [0.4, 0.5) is 0 Å². The van der Waals surface area contributed by atoms with Crippen molar-refractivity contribution >= 4 is 0 Å². The molecule has 0 radical (unpaired) electrons. The van der Waals surface area contributed by atoms with Crippen molar-refractivity contribution in [3.63, 3.8) is 0 Å². The zero-order valence-electron chi connectivity index (χ0n) is 33.1. The second-order valence-corrected chi connectivity index (χ2v) is 19.3. The summed E-state index contributed by atoms with van der Waals surface area (Å²) in [7, 11) is 0. The van der Waals surface area contributed by atoms with Crippen LogP contribution in [0.2, 0.25) is 0 Å². The van der Waals surface area contributed by atoms with Crippen LogP contribution in [0.25, 0.3) is 0 Å². The first-order chi connectivity index (χ1) is 24.4. The molecule has 8 rings (SSSR count). The zero-order valence-corrected chi connectivity index (χ0v) is 33.1. The second kappa shape index (κ2) is 13.3. The van der Waals surface area contributed by atoms with Crippen LogP contribution >= 0.6 is 0 Å². The summed E-state index contributed by atoms with van der Waals surface area (Å²) in [6.45, 7) is 23.6.